The Morgan fingerprint density at radius 3 is 3.07 bits per heavy atom. The molecule has 0 aromatic heterocycles. The van der Waals surface area contributed by atoms with E-state index in [1.807, 2.05) is 23.9 Å². The molecule has 1 atom stereocenters. The van der Waals surface area contributed by atoms with Crippen LogP contribution >= 0.6 is 23.4 Å². The van der Waals surface area contributed by atoms with Gasteiger partial charge in [0.25, 0.3) is 0 Å². The summed E-state index contributed by atoms with van der Waals surface area (Å²) in [7, 11) is 0. The first-order valence-corrected chi connectivity index (χ1v) is 6.41. The molecule has 1 aromatic carbocycles. The third-order valence-electron chi connectivity index (χ3n) is 2.68. The first-order chi connectivity index (χ1) is 6.77. The summed E-state index contributed by atoms with van der Waals surface area (Å²) in [4.78, 5) is 0. The predicted octanol–water partition coefficient (Wildman–Crippen LogP) is 3.22. The Hall–Kier alpha value is -0.340. The highest BCUT2D eigenvalue weighted by molar-refractivity contribution is 7.99. The van der Waals surface area contributed by atoms with Gasteiger partial charge < -0.3 is 5.73 Å². The van der Waals surface area contributed by atoms with Crippen LogP contribution in [0.1, 0.15) is 12.0 Å². The number of halogens is 1. The second-order valence-corrected chi connectivity index (χ2v) is 5.30. The molecule has 1 fully saturated rings. The number of nitrogen functional groups attached to an aromatic ring is 1. The maximum absolute atomic E-state index is 5.97. The molecule has 0 aliphatic carbocycles. The Balaban J connectivity index is 2.11. The van der Waals surface area contributed by atoms with E-state index in [0.717, 1.165) is 18.0 Å². The summed E-state index contributed by atoms with van der Waals surface area (Å²) in [6.07, 6.45) is 2.40. The summed E-state index contributed by atoms with van der Waals surface area (Å²) in [5.74, 6) is 3.36. The van der Waals surface area contributed by atoms with E-state index in [-0.39, 0.29) is 0 Å². The van der Waals surface area contributed by atoms with Gasteiger partial charge in [0, 0.05) is 0 Å². The van der Waals surface area contributed by atoms with E-state index in [2.05, 4.69) is 6.07 Å². The number of anilines is 1. The van der Waals surface area contributed by atoms with Crippen molar-refractivity contribution in [2.45, 2.75) is 12.8 Å². The van der Waals surface area contributed by atoms with Crippen molar-refractivity contribution >= 4 is 29.1 Å². The quantitative estimate of drug-likeness (QED) is 0.786. The molecule has 0 spiro atoms. The van der Waals surface area contributed by atoms with Crippen LogP contribution in [-0.4, -0.2) is 11.5 Å². The Bertz CT molecular complexity index is 321. The van der Waals surface area contributed by atoms with Gasteiger partial charge >= 0.3 is 0 Å². The fourth-order valence-electron chi connectivity index (χ4n) is 1.82. The zero-order chi connectivity index (χ0) is 9.97. The van der Waals surface area contributed by atoms with Gasteiger partial charge in [0.2, 0.25) is 0 Å². The Morgan fingerprint density at radius 2 is 2.36 bits per heavy atom. The van der Waals surface area contributed by atoms with E-state index < -0.39 is 0 Å². The highest BCUT2D eigenvalue weighted by Crippen LogP contribution is 2.30. The third kappa shape index (κ3) is 2.18. The van der Waals surface area contributed by atoms with Crippen LogP contribution < -0.4 is 5.73 Å². The molecule has 1 aliphatic rings. The average Bonchev–Trinajstić information content (AvgIpc) is 2.66. The molecule has 14 heavy (non-hydrogen) atoms. The Labute approximate surface area is 94.0 Å². The summed E-state index contributed by atoms with van der Waals surface area (Å²) in [5, 5.41) is 0.688. The van der Waals surface area contributed by atoms with Gasteiger partial charge in [0.15, 0.2) is 0 Å². The topological polar surface area (TPSA) is 26.0 Å². The van der Waals surface area contributed by atoms with Gasteiger partial charge in [-0.05, 0) is 41.9 Å². The van der Waals surface area contributed by atoms with Crippen LogP contribution in [0.25, 0.3) is 0 Å². The summed E-state index contributed by atoms with van der Waals surface area (Å²) < 4.78 is 0. The van der Waals surface area contributed by atoms with Crippen molar-refractivity contribution in [2.24, 2.45) is 5.92 Å². The van der Waals surface area contributed by atoms with E-state index in [1.165, 1.54) is 23.5 Å². The molecule has 1 aliphatic heterocycles. The smallest absolute Gasteiger partial charge is 0.0638 e. The van der Waals surface area contributed by atoms with Gasteiger partial charge in [0.05, 0.1) is 10.7 Å². The lowest BCUT2D eigenvalue weighted by molar-refractivity contribution is 0.597. The van der Waals surface area contributed by atoms with Crippen LogP contribution in [0.5, 0.6) is 0 Å². The number of rotatable bonds is 2. The lowest BCUT2D eigenvalue weighted by atomic mass is 9.98. The van der Waals surface area contributed by atoms with Crippen molar-refractivity contribution in [1.82, 2.24) is 0 Å². The maximum Gasteiger partial charge on any atom is 0.0638 e. The highest BCUT2D eigenvalue weighted by atomic mass is 35.5. The molecule has 0 radical (unpaired) electrons. The first kappa shape index (κ1) is 10.2. The number of benzene rings is 1. The van der Waals surface area contributed by atoms with Crippen LogP contribution in [0.15, 0.2) is 18.2 Å². The summed E-state index contributed by atoms with van der Waals surface area (Å²) in [6.45, 7) is 0. The zero-order valence-corrected chi connectivity index (χ0v) is 9.57. The number of thioether (sulfide) groups is 1. The van der Waals surface area contributed by atoms with Crippen molar-refractivity contribution in [3.8, 4) is 0 Å². The molecule has 76 valence electrons. The predicted molar refractivity (Wildman–Crippen MR) is 65.0 cm³/mol. The van der Waals surface area contributed by atoms with Crippen LogP contribution in [0.4, 0.5) is 5.69 Å². The van der Waals surface area contributed by atoms with Crippen LogP contribution in [0.2, 0.25) is 5.02 Å². The van der Waals surface area contributed by atoms with Crippen molar-refractivity contribution in [2.75, 3.05) is 17.2 Å². The molecule has 2 N–H and O–H groups in total. The molecule has 1 aromatic rings. The molecule has 3 heteroatoms. The largest absolute Gasteiger partial charge is 0.397 e. The highest BCUT2D eigenvalue weighted by Gasteiger charge is 2.17. The number of hydrogen-bond acceptors (Lipinski definition) is 2. The minimum atomic E-state index is 0.688. The molecule has 1 heterocycles. The fraction of sp³-hybridized carbons (Fsp3) is 0.455. The van der Waals surface area contributed by atoms with E-state index in [1.54, 1.807) is 0 Å². The van der Waals surface area contributed by atoms with Gasteiger partial charge in [-0.15, -0.1) is 0 Å². The minimum Gasteiger partial charge on any atom is -0.397 e. The number of para-hydroxylation sites is 1. The van der Waals surface area contributed by atoms with Gasteiger partial charge in [-0.1, -0.05) is 23.7 Å². The van der Waals surface area contributed by atoms with Crippen molar-refractivity contribution in [3.63, 3.8) is 0 Å². The zero-order valence-electron chi connectivity index (χ0n) is 8.00. The van der Waals surface area contributed by atoms with Gasteiger partial charge in [0.1, 0.15) is 0 Å². The third-order valence-corrected chi connectivity index (χ3v) is 4.24. The summed E-state index contributed by atoms with van der Waals surface area (Å²) >= 11 is 8.01. The van der Waals surface area contributed by atoms with E-state index in [9.17, 15) is 0 Å². The molecule has 1 nitrogen and oxygen atoms in total. The monoisotopic (exact) mass is 227 g/mol. The number of nitrogens with two attached hydrogens (primary N) is 1. The van der Waals surface area contributed by atoms with Crippen LogP contribution in [0.3, 0.4) is 0 Å². The molecule has 2 rings (SSSR count). The van der Waals surface area contributed by atoms with E-state index >= 15 is 0 Å². The average molecular weight is 228 g/mol. The van der Waals surface area contributed by atoms with Crippen molar-refractivity contribution in [1.29, 1.82) is 0 Å². The van der Waals surface area contributed by atoms with E-state index in [4.69, 9.17) is 17.3 Å². The standard InChI is InChI=1S/C11H14ClNS/c12-10-3-1-2-9(11(10)13)6-8-4-5-14-7-8/h1-3,8H,4-7,13H2. The lowest BCUT2D eigenvalue weighted by Gasteiger charge is -2.11. The molecular formula is C11H14ClNS. The van der Waals surface area contributed by atoms with Gasteiger partial charge in [-0.25, -0.2) is 0 Å². The van der Waals surface area contributed by atoms with E-state index in [0.29, 0.717) is 5.02 Å². The van der Waals surface area contributed by atoms with Crippen molar-refractivity contribution in [3.05, 3.63) is 28.8 Å². The maximum atomic E-state index is 5.97. The van der Waals surface area contributed by atoms with Gasteiger partial charge in [-0.3, -0.25) is 0 Å². The first-order valence-electron chi connectivity index (χ1n) is 4.88. The Kier molecular flexibility index (Phi) is 3.24. The second kappa shape index (κ2) is 4.45. The normalized spacial score (nSPS) is 21.4. The number of hydrogen-bond donors (Lipinski definition) is 1. The SMILES string of the molecule is Nc1c(Cl)cccc1CC1CCSC1. The Morgan fingerprint density at radius 1 is 1.50 bits per heavy atom. The molecule has 0 saturated carbocycles. The molecule has 0 amide bonds. The fourth-order valence-corrected chi connectivity index (χ4v) is 3.29. The molecular weight excluding hydrogens is 214 g/mol. The lowest BCUT2D eigenvalue weighted by Crippen LogP contribution is -2.05. The molecule has 1 unspecified atom stereocenters. The van der Waals surface area contributed by atoms with Crippen LogP contribution in [-0.2, 0) is 6.42 Å². The second-order valence-electron chi connectivity index (χ2n) is 3.75. The summed E-state index contributed by atoms with van der Waals surface area (Å²) in [6, 6.07) is 5.92. The summed E-state index contributed by atoms with van der Waals surface area (Å²) in [5.41, 5.74) is 7.90. The minimum absolute atomic E-state index is 0.688. The molecule has 1 saturated heterocycles. The molecule has 0 bridgehead atoms. The van der Waals surface area contributed by atoms with Gasteiger partial charge in [-0.2, -0.15) is 11.8 Å². The van der Waals surface area contributed by atoms with Crippen molar-refractivity contribution < 1.29 is 0 Å². The van der Waals surface area contributed by atoms with Crippen LogP contribution in [0, 0.1) is 5.92 Å².